The van der Waals surface area contributed by atoms with Crippen LogP contribution in [-0.2, 0) is 4.74 Å². The summed E-state index contributed by atoms with van der Waals surface area (Å²) in [5.74, 6) is 0.991. The Bertz CT molecular complexity index is 295. The van der Waals surface area contributed by atoms with Crippen LogP contribution in [-0.4, -0.2) is 17.1 Å². The molecule has 0 N–H and O–H groups in total. The van der Waals surface area contributed by atoms with E-state index in [9.17, 15) is 0 Å². The second-order valence-corrected chi connectivity index (χ2v) is 3.98. The normalized spacial score (nSPS) is 13.3. The third-order valence-corrected chi connectivity index (χ3v) is 2.15. The molecule has 1 unspecified atom stereocenters. The molecule has 0 bridgehead atoms. The Morgan fingerprint density at radius 2 is 2.00 bits per heavy atom. The van der Waals surface area contributed by atoms with Gasteiger partial charge in [-0.15, -0.1) is 0 Å². The summed E-state index contributed by atoms with van der Waals surface area (Å²) in [6, 6.07) is 1.73. The second kappa shape index (κ2) is 4.71. The van der Waals surface area contributed by atoms with Gasteiger partial charge in [0.05, 0.1) is 0 Å². The molecule has 0 saturated carbocycles. The maximum atomic E-state index is 5.85. The molecule has 0 fully saturated rings. The lowest BCUT2D eigenvalue weighted by atomic mass is 10.1. The van der Waals surface area contributed by atoms with E-state index in [-0.39, 0.29) is 6.10 Å². The predicted molar refractivity (Wildman–Crippen MR) is 56.4 cm³/mol. The summed E-state index contributed by atoms with van der Waals surface area (Å²) in [6.45, 7) is 6.02. The fourth-order valence-electron chi connectivity index (χ4n) is 1.35. The van der Waals surface area contributed by atoms with Crippen molar-refractivity contribution in [3.8, 4) is 0 Å². The van der Waals surface area contributed by atoms with Crippen molar-refractivity contribution in [2.45, 2.75) is 26.9 Å². The van der Waals surface area contributed by atoms with E-state index in [1.807, 2.05) is 6.92 Å². The van der Waals surface area contributed by atoms with Crippen molar-refractivity contribution < 1.29 is 4.74 Å². The molecular formula is C10H15ClN2O. The van der Waals surface area contributed by atoms with E-state index in [2.05, 4.69) is 23.8 Å². The molecule has 14 heavy (non-hydrogen) atoms. The number of nitrogens with zero attached hydrogens (tertiary/aromatic N) is 2. The molecule has 1 heterocycles. The Balaban J connectivity index is 3.04. The zero-order valence-corrected chi connectivity index (χ0v) is 9.67. The van der Waals surface area contributed by atoms with Gasteiger partial charge in [-0.05, 0) is 18.9 Å². The summed E-state index contributed by atoms with van der Waals surface area (Å²) in [7, 11) is 1.66. The molecule has 0 spiro atoms. The van der Waals surface area contributed by atoms with Crippen molar-refractivity contribution in [2.75, 3.05) is 7.11 Å². The molecule has 0 aliphatic carbocycles. The number of hydrogen-bond donors (Lipinski definition) is 0. The molecule has 1 rings (SSSR count). The average molecular weight is 215 g/mol. The average Bonchev–Trinajstić information content (AvgIpc) is 2.02. The van der Waals surface area contributed by atoms with Crippen LogP contribution >= 0.6 is 11.6 Å². The molecule has 1 atom stereocenters. The highest BCUT2D eigenvalue weighted by molar-refractivity contribution is 6.29. The number of aryl methyl sites for hydroxylation is 1. The van der Waals surface area contributed by atoms with E-state index in [0.29, 0.717) is 16.9 Å². The Hall–Kier alpha value is -0.670. The van der Waals surface area contributed by atoms with Crippen LogP contribution in [0.2, 0.25) is 5.15 Å². The van der Waals surface area contributed by atoms with E-state index in [1.54, 1.807) is 13.2 Å². The highest BCUT2D eigenvalue weighted by Gasteiger charge is 2.18. The van der Waals surface area contributed by atoms with Gasteiger partial charge in [-0.2, -0.15) is 0 Å². The lowest BCUT2D eigenvalue weighted by molar-refractivity contribution is 0.0573. The number of ether oxygens (including phenoxy) is 1. The van der Waals surface area contributed by atoms with Crippen LogP contribution in [0.3, 0.4) is 0 Å². The van der Waals surface area contributed by atoms with Crippen LogP contribution in [0, 0.1) is 12.8 Å². The van der Waals surface area contributed by atoms with Gasteiger partial charge < -0.3 is 4.74 Å². The number of hydrogen-bond acceptors (Lipinski definition) is 3. The third kappa shape index (κ3) is 2.66. The zero-order valence-electron chi connectivity index (χ0n) is 8.91. The molecule has 3 nitrogen and oxygen atoms in total. The van der Waals surface area contributed by atoms with E-state index in [0.717, 1.165) is 5.69 Å². The summed E-state index contributed by atoms with van der Waals surface area (Å²) in [4.78, 5) is 8.46. The van der Waals surface area contributed by atoms with Crippen molar-refractivity contribution >= 4 is 11.6 Å². The minimum atomic E-state index is -0.0904. The van der Waals surface area contributed by atoms with Gasteiger partial charge in [0.2, 0.25) is 0 Å². The second-order valence-electron chi connectivity index (χ2n) is 3.59. The van der Waals surface area contributed by atoms with Crippen LogP contribution in [0.25, 0.3) is 0 Å². The van der Waals surface area contributed by atoms with Gasteiger partial charge in [-0.3, -0.25) is 0 Å². The Morgan fingerprint density at radius 3 is 2.43 bits per heavy atom. The lowest BCUT2D eigenvalue weighted by Crippen LogP contribution is -2.13. The van der Waals surface area contributed by atoms with Gasteiger partial charge in [0.25, 0.3) is 0 Å². The molecule has 4 heteroatoms. The quantitative estimate of drug-likeness (QED) is 0.726. The molecule has 78 valence electrons. The van der Waals surface area contributed by atoms with Gasteiger partial charge in [-0.1, -0.05) is 25.4 Å². The predicted octanol–water partition coefficient (Wildman–Crippen LogP) is 2.78. The highest BCUT2D eigenvalue weighted by atomic mass is 35.5. The van der Waals surface area contributed by atoms with Crippen LogP contribution in [0.5, 0.6) is 0 Å². The number of aromatic nitrogens is 2. The summed E-state index contributed by atoms with van der Waals surface area (Å²) in [6.07, 6.45) is -0.0904. The van der Waals surface area contributed by atoms with E-state index < -0.39 is 0 Å². The topological polar surface area (TPSA) is 35.0 Å². The molecule has 0 aliphatic heterocycles. The van der Waals surface area contributed by atoms with Crippen LogP contribution < -0.4 is 0 Å². The minimum absolute atomic E-state index is 0.0904. The standard InChI is InChI=1S/C10H15ClN2O/c1-6(2)9(14-4)10-12-7(3)5-8(11)13-10/h5-6,9H,1-4H3. The minimum Gasteiger partial charge on any atom is -0.373 e. The molecule has 0 amide bonds. The SMILES string of the molecule is COC(c1nc(C)cc(Cl)n1)C(C)C. The number of methoxy groups -OCH3 is 1. The van der Waals surface area contributed by atoms with Crippen LogP contribution in [0.1, 0.15) is 31.5 Å². The van der Waals surface area contributed by atoms with E-state index >= 15 is 0 Å². The molecule has 0 aromatic carbocycles. The molecule has 0 radical (unpaired) electrons. The van der Waals surface area contributed by atoms with Gasteiger partial charge in [0, 0.05) is 12.8 Å². The molecule has 1 aromatic heterocycles. The van der Waals surface area contributed by atoms with Crippen LogP contribution in [0.15, 0.2) is 6.07 Å². The van der Waals surface area contributed by atoms with Crippen molar-refractivity contribution in [3.63, 3.8) is 0 Å². The summed E-state index contributed by atoms with van der Waals surface area (Å²) < 4.78 is 5.32. The molecule has 0 aliphatic rings. The first-order valence-electron chi connectivity index (χ1n) is 4.58. The fourth-order valence-corrected chi connectivity index (χ4v) is 1.60. The van der Waals surface area contributed by atoms with Crippen LogP contribution in [0.4, 0.5) is 0 Å². The Kier molecular flexibility index (Phi) is 3.84. The van der Waals surface area contributed by atoms with Crippen molar-refractivity contribution in [1.82, 2.24) is 9.97 Å². The fraction of sp³-hybridized carbons (Fsp3) is 0.600. The van der Waals surface area contributed by atoms with Gasteiger partial charge in [-0.25, -0.2) is 9.97 Å². The van der Waals surface area contributed by atoms with Gasteiger partial charge >= 0.3 is 0 Å². The van der Waals surface area contributed by atoms with Crippen molar-refractivity contribution in [2.24, 2.45) is 5.92 Å². The summed E-state index contributed by atoms with van der Waals surface area (Å²) >= 11 is 5.85. The van der Waals surface area contributed by atoms with Crippen molar-refractivity contribution in [3.05, 3.63) is 22.7 Å². The lowest BCUT2D eigenvalue weighted by Gasteiger charge is -2.17. The monoisotopic (exact) mass is 214 g/mol. The maximum absolute atomic E-state index is 5.85. The first-order chi connectivity index (χ1) is 6.54. The van der Waals surface area contributed by atoms with E-state index in [4.69, 9.17) is 16.3 Å². The largest absolute Gasteiger partial charge is 0.373 e. The van der Waals surface area contributed by atoms with Gasteiger partial charge in [0.1, 0.15) is 11.3 Å². The highest BCUT2D eigenvalue weighted by Crippen LogP contribution is 2.23. The Labute approximate surface area is 89.5 Å². The van der Waals surface area contributed by atoms with Gasteiger partial charge in [0.15, 0.2) is 5.82 Å². The molecule has 0 saturated heterocycles. The van der Waals surface area contributed by atoms with Crippen molar-refractivity contribution in [1.29, 1.82) is 0 Å². The molecule has 1 aromatic rings. The zero-order chi connectivity index (χ0) is 10.7. The summed E-state index contributed by atoms with van der Waals surface area (Å²) in [5, 5.41) is 0.468. The number of halogens is 1. The molecular weight excluding hydrogens is 200 g/mol. The first-order valence-corrected chi connectivity index (χ1v) is 4.96. The third-order valence-electron chi connectivity index (χ3n) is 1.95. The smallest absolute Gasteiger partial charge is 0.159 e. The maximum Gasteiger partial charge on any atom is 0.159 e. The number of rotatable bonds is 3. The van der Waals surface area contributed by atoms with E-state index in [1.165, 1.54) is 0 Å². The Morgan fingerprint density at radius 1 is 1.36 bits per heavy atom. The summed E-state index contributed by atoms with van der Waals surface area (Å²) in [5.41, 5.74) is 0.864. The first kappa shape index (κ1) is 11.4.